The van der Waals surface area contributed by atoms with Crippen LogP contribution >= 0.6 is 11.6 Å². The molecule has 6 heteroatoms. The van der Waals surface area contributed by atoms with Crippen LogP contribution in [0.2, 0.25) is 5.02 Å². The molecule has 0 N–H and O–H groups in total. The van der Waals surface area contributed by atoms with E-state index in [4.69, 9.17) is 16.9 Å². The molecule has 116 valence electrons. The van der Waals surface area contributed by atoms with Crippen LogP contribution in [0.3, 0.4) is 0 Å². The van der Waals surface area contributed by atoms with Crippen molar-refractivity contribution >= 4 is 34.9 Å². The van der Waals surface area contributed by atoms with Gasteiger partial charge in [-0.15, -0.1) is 0 Å². The van der Waals surface area contributed by atoms with Gasteiger partial charge in [0.1, 0.15) is 11.9 Å². The third kappa shape index (κ3) is 1.88. The molecule has 23 heavy (non-hydrogen) atoms. The number of imide groups is 1. The van der Waals surface area contributed by atoms with E-state index < -0.39 is 5.92 Å². The highest BCUT2D eigenvalue weighted by Gasteiger charge is 2.60. The molecule has 1 aliphatic heterocycles. The largest absolute Gasteiger partial charge is 0.299 e. The molecule has 0 unspecified atom stereocenters. The first-order valence-electron chi connectivity index (χ1n) is 7.63. The topological polar surface area (TPSA) is 78.2 Å². The van der Waals surface area contributed by atoms with Crippen LogP contribution in [0, 0.1) is 35.0 Å². The Hall–Kier alpha value is -2.19. The lowest BCUT2D eigenvalue weighted by molar-refractivity contribution is -0.143. The molecule has 3 aliphatic carbocycles. The zero-order valence-corrected chi connectivity index (χ0v) is 12.9. The summed E-state index contributed by atoms with van der Waals surface area (Å²) < 4.78 is 0. The molecular weight excluding hydrogens is 316 g/mol. The molecule has 5 nitrogen and oxygen atoms in total. The summed E-state index contributed by atoms with van der Waals surface area (Å²) in [6, 6.07) is 6.48. The fraction of sp³-hybridized carbons (Fsp3) is 0.412. The molecule has 0 radical (unpaired) electrons. The Kier molecular flexibility index (Phi) is 3.07. The van der Waals surface area contributed by atoms with Crippen molar-refractivity contribution < 1.29 is 14.4 Å². The van der Waals surface area contributed by atoms with Gasteiger partial charge >= 0.3 is 0 Å². The standard InChI is InChI=1S/C17H13ClN2O3/c18-12-6-10(3-1-9(12)7-19)20-16(22)14-8-2-4-11(13(21)5-8)15(14)17(20)23/h1,3,6,8,11,14-15H,2,4-5H2/t8-,11+,14+,15-/m0/s1. The smallest absolute Gasteiger partial charge is 0.238 e. The van der Waals surface area contributed by atoms with E-state index in [-0.39, 0.29) is 40.4 Å². The summed E-state index contributed by atoms with van der Waals surface area (Å²) in [5, 5.41) is 9.14. The monoisotopic (exact) mass is 328 g/mol. The van der Waals surface area contributed by atoms with E-state index in [9.17, 15) is 14.4 Å². The number of halogens is 1. The predicted molar refractivity (Wildman–Crippen MR) is 81.5 cm³/mol. The van der Waals surface area contributed by atoms with E-state index in [2.05, 4.69) is 0 Å². The second-order valence-corrected chi connectivity index (χ2v) is 6.86. The van der Waals surface area contributed by atoms with Gasteiger partial charge in [-0.05, 0) is 37.0 Å². The Labute approximate surface area is 137 Å². The van der Waals surface area contributed by atoms with E-state index in [0.29, 0.717) is 24.1 Å². The third-order valence-corrected chi connectivity index (χ3v) is 5.71. The van der Waals surface area contributed by atoms with Crippen LogP contribution in [-0.4, -0.2) is 17.6 Å². The minimum Gasteiger partial charge on any atom is -0.299 e. The molecular formula is C17H13ClN2O3. The fourth-order valence-corrected chi connectivity index (χ4v) is 4.59. The summed E-state index contributed by atoms with van der Waals surface area (Å²) in [5.74, 6) is -1.66. The van der Waals surface area contributed by atoms with Crippen molar-refractivity contribution in [2.75, 3.05) is 4.90 Å². The molecule has 4 atom stereocenters. The predicted octanol–water partition coefficient (Wildman–Crippen LogP) is 2.32. The molecule has 2 bridgehead atoms. The first-order valence-corrected chi connectivity index (χ1v) is 8.01. The number of carbonyl (C=O) groups is 3. The maximum atomic E-state index is 12.8. The fourth-order valence-electron chi connectivity index (χ4n) is 4.37. The van der Waals surface area contributed by atoms with Crippen molar-refractivity contribution in [3.63, 3.8) is 0 Å². The molecule has 4 fully saturated rings. The number of hydrogen-bond donors (Lipinski definition) is 0. The number of nitriles is 1. The molecule has 3 saturated carbocycles. The van der Waals surface area contributed by atoms with Crippen molar-refractivity contribution in [3.05, 3.63) is 28.8 Å². The van der Waals surface area contributed by atoms with Crippen molar-refractivity contribution in [1.29, 1.82) is 5.26 Å². The number of benzene rings is 1. The molecule has 1 heterocycles. The number of Topliss-reactive ketones (excluding diaryl/α,β-unsaturated/α-hetero) is 1. The highest BCUT2D eigenvalue weighted by Crippen LogP contribution is 2.52. The Morgan fingerprint density at radius 1 is 1.13 bits per heavy atom. The van der Waals surface area contributed by atoms with Gasteiger partial charge < -0.3 is 0 Å². The lowest BCUT2D eigenvalue weighted by Gasteiger charge is -2.41. The third-order valence-electron chi connectivity index (χ3n) is 5.40. The van der Waals surface area contributed by atoms with E-state index in [1.54, 1.807) is 6.07 Å². The zero-order chi connectivity index (χ0) is 16.3. The number of hydrogen-bond acceptors (Lipinski definition) is 4. The number of anilines is 1. The Balaban J connectivity index is 1.76. The number of carbonyl (C=O) groups excluding carboxylic acids is 3. The van der Waals surface area contributed by atoms with Gasteiger partial charge in [0.2, 0.25) is 11.8 Å². The number of rotatable bonds is 1. The lowest BCUT2D eigenvalue weighted by atomic mass is 9.59. The summed E-state index contributed by atoms with van der Waals surface area (Å²) >= 11 is 6.02. The van der Waals surface area contributed by atoms with E-state index in [1.807, 2.05) is 6.07 Å². The van der Waals surface area contributed by atoms with Crippen LogP contribution in [0.15, 0.2) is 18.2 Å². The van der Waals surface area contributed by atoms with Crippen LogP contribution in [0.5, 0.6) is 0 Å². The number of fused-ring (bicyclic) bond motifs is 2. The summed E-state index contributed by atoms with van der Waals surface area (Å²) in [6.45, 7) is 0. The lowest BCUT2D eigenvalue weighted by Crippen LogP contribution is -2.46. The minimum absolute atomic E-state index is 0.0206. The van der Waals surface area contributed by atoms with Crippen LogP contribution in [0.1, 0.15) is 24.8 Å². The first-order chi connectivity index (χ1) is 11.0. The Morgan fingerprint density at radius 3 is 2.52 bits per heavy atom. The summed E-state index contributed by atoms with van der Waals surface area (Å²) in [7, 11) is 0. The van der Waals surface area contributed by atoms with Crippen molar-refractivity contribution in [2.45, 2.75) is 19.3 Å². The normalized spacial score (nSPS) is 32.2. The highest BCUT2D eigenvalue weighted by molar-refractivity contribution is 6.32. The number of nitrogens with zero attached hydrogens (tertiary/aromatic N) is 2. The van der Waals surface area contributed by atoms with Crippen LogP contribution in [0.4, 0.5) is 5.69 Å². The van der Waals surface area contributed by atoms with Crippen molar-refractivity contribution in [2.24, 2.45) is 23.7 Å². The molecule has 0 aromatic heterocycles. The molecule has 4 aliphatic rings. The summed E-state index contributed by atoms with van der Waals surface area (Å²) in [6.07, 6.45) is 1.94. The van der Waals surface area contributed by atoms with Gasteiger partial charge in [0, 0.05) is 12.3 Å². The average Bonchev–Trinajstić information content (AvgIpc) is 2.81. The van der Waals surface area contributed by atoms with Gasteiger partial charge in [0.05, 0.1) is 28.1 Å². The van der Waals surface area contributed by atoms with Gasteiger partial charge in [0.15, 0.2) is 0 Å². The average molecular weight is 329 g/mol. The number of amides is 2. The second kappa shape index (κ2) is 4.90. The summed E-state index contributed by atoms with van der Waals surface area (Å²) in [4.78, 5) is 38.8. The maximum absolute atomic E-state index is 12.8. The molecule has 1 aromatic rings. The molecule has 1 saturated heterocycles. The Morgan fingerprint density at radius 2 is 1.87 bits per heavy atom. The van der Waals surface area contributed by atoms with Crippen LogP contribution in [0.25, 0.3) is 0 Å². The van der Waals surface area contributed by atoms with Gasteiger partial charge in [0.25, 0.3) is 0 Å². The second-order valence-electron chi connectivity index (χ2n) is 6.45. The zero-order valence-electron chi connectivity index (χ0n) is 12.2. The van der Waals surface area contributed by atoms with Crippen LogP contribution < -0.4 is 4.90 Å². The highest BCUT2D eigenvalue weighted by atomic mass is 35.5. The van der Waals surface area contributed by atoms with Gasteiger partial charge in [-0.25, -0.2) is 4.90 Å². The number of ketones is 1. The van der Waals surface area contributed by atoms with Gasteiger partial charge in [-0.2, -0.15) is 5.26 Å². The molecule has 5 rings (SSSR count). The van der Waals surface area contributed by atoms with E-state index in [0.717, 1.165) is 11.3 Å². The van der Waals surface area contributed by atoms with E-state index in [1.165, 1.54) is 12.1 Å². The Bertz CT molecular complexity index is 798. The minimum atomic E-state index is -0.517. The van der Waals surface area contributed by atoms with E-state index >= 15 is 0 Å². The molecule has 0 spiro atoms. The van der Waals surface area contributed by atoms with Crippen LogP contribution in [-0.2, 0) is 14.4 Å². The van der Waals surface area contributed by atoms with Gasteiger partial charge in [-0.3, -0.25) is 14.4 Å². The first kappa shape index (κ1) is 14.4. The van der Waals surface area contributed by atoms with Gasteiger partial charge in [-0.1, -0.05) is 11.6 Å². The molecule has 2 amide bonds. The SMILES string of the molecule is N#Cc1ccc(N2C(=O)[C@@H]3[C@H]4CC[C@H](C(=O)C4)[C@@H]3C2=O)cc1Cl. The molecule has 1 aromatic carbocycles. The maximum Gasteiger partial charge on any atom is 0.238 e. The van der Waals surface area contributed by atoms with Crippen molar-refractivity contribution in [3.8, 4) is 6.07 Å². The van der Waals surface area contributed by atoms with Crippen molar-refractivity contribution in [1.82, 2.24) is 0 Å². The quantitative estimate of drug-likeness (QED) is 0.741. The summed E-state index contributed by atoms with van der Waals surface area (Å²) in [5.41, 5.74) is 0.674.